The number of fused-ring (bicyclic) bond motifs is 2. The first-order chi connectivity index (χ1) is 14.5. The molecule has 1 aliphatic heterocycles. The molecule has 3 aromatic rings. The molecule has 0 unspecified atom stereocenters. The average Bonchev–Trinajstić information content (AvgIpc) is 3.01. The lowest BCUT2D eigenvalue weighted by molar-refractivity contribution is 0.0656. The lowest BCUT2D eigenvalue weighted by Crippen LogP contribution is -2.31. The molecular weight excluding hydrogens is 408 g/mol. The zero-order valence-corrected chi connectivity index (χ0v) is 17.0. The highest BCUT2D eigenvalue weighted by Gasteiger charge is 2.34. The first-order valence-corrected chi connectivity index (χ1v) is 9.52. The van der Waals surface area contributed by atoms with E-state index in [0.29, 0.717) is 50.9 Å². The zero-order valence-electron chi connectivity index (χ0n) is 16.3. The third-order valence-electron chi connectivity index (χ3n) is 5.14. The minimum atomic E-state index is -0.336. The highest BCUT2D eigenvalue weighted by atomic mass is 35.5. The number of ether oxygens (including phenoxy) is 2. The standard InChI is InChI=1S/C22H17ClN2O5/c1-29-17-10-18(30-2)19-15(16(17)11-26)9-12(20(23)24-19)7-8-25-21(27)13-5-3-4-6-14(13)22(25)28/h3-6,9-11H,7-8H2,1-2H3. The van der Waals surface area contributed by atoms with Crippen LogP contribution in [0.4, 0.5) is 0 Å². The summed E-state index contributed by atoms with van der Waals surface area (Å²) in [6.07, 6.45) is 0.967. The van der Waals surface area contributed by atoms with Gasteiger partial charge in [0, 0.05) is 18.0 Å². The number of hydrogen-bond donors (Lipinski definition) is 0. The molecule has 0 saturated carbocycles. The number of nitrogens with zero attached hydrogens (tertiary/aromatic N) is 2. The number of halogens is 1. The summed E-state index contributed by atoms with van der Waals surface area (Å²) < 4.78 is 10.6. The zero-order chi connectivity index (χ0) is 21.4. The second-order valence-electron chi connectivity index (χ2n) is 6.70. The number of amides is 2. The Morgan fingerprint density at radius 2 is 1.67 bits per heavy atom. The van der Waals surface area contributed by atoms with E-state index in [4.69, 9.17) is 21.1 Å². The van der Waals surface area contributed by atoms with Crippen LogP contribution in [0.5, 0.6) is 11.5 Å². The molecule has 0 bridgehead atoms. The van der Waals surface area contributed by atoms with Crippen molar-refractivity contribution in [3.8, 4) is 11.5 Å². The summed E-state index contributed by atoms with van der Waals surface area (Å²) in [7, 11) is 2.95. The Balaban J connectivity index is 1.70. The summed E-state index contributed by atoms with van der Waals surface area (Å²) in [4.78, 5) is 42.4. The Morgan fingerprint density at radius 1 is 1.03 bits per heavy atom. The van der Waals surface area contributed by atoms with E-state index in [2.05, 4.69) is 4.98 Å². The van der Waals surface area contributed by atoms with E-state index < -0.39 is 0 Å². The van der Waals surface area contributed by atoms with Crippen molar-refractivity contribution in [2.75, 3.05) is 20.8 Å². The number of aromatic nitrogens is 1. The minimum absolute atomic E-state index is 0.136. The molecule has 7 nitrogen and oxygen atoms in total. The van der Waals surface area contributed by atoms with Crippen LogP contribution in [0.2, 0.25) is 5.15 Å². The lowest BCUT2D eigenvalue weighted by atomic mass is 10.0. The van der Waals surface area contributed by atoms with Gasteiger partial charge < -0.3 is 9.47 Å². The van der Waals surface area contributed by atoms with Gasteiger partial charge in [-0.3, -0.25) is 19.3 Å². The summed E-state index contributed by atoms with van der Waals surface area (Å²) in [5.74, 6) is 0.0980. The van der Waals surface area contributed by atoms with Gasteiger partial charge in [-0.15, -0.1) is 0 Å². The number of hydrogen-bond acceptors (Lipinski definition) is 6. The summed E-state index contributed by atoms with van der Waals surface area (Å²) in [5.41, 5.74) is 2.12. The molecule has 1 aliphatic rings. The number of aldehydes is 1. The SMILES string of the molecule is COc1cc(OC)c2nc(Cl)c(CCN3C(=O)c4ccccc4C3=O)cc2c1C=O. The molecular formula is C22H17ClN2O5. The maximum absolute atomic E-state index is 12.6. The molecule has 0 spiro atoms. The normalized spacial score (nSPS) is 13.0. The number of carbonyl (C=O) groups is 3. The molecule has 4 rings (SSSR count). The average molecular weight is 425 g/mol. The van der Waals surface area contributed by atoms with E-state index in [9.17, 15) is 14.4 Å². The Kier molecular flexibility index (Phi) is 5.13. The van der Waals surface area contributed by atoms with Gasteiger partial charge in [0.15, 0.2) is 6.29 Å². The minimum Gasteiger partial charge on any atom is -0.496 e. The molecule has 0 fully saturated rings. The third kappa shape index (κ3) is 3.07. The van der Waals surface area contributed by atoms with Crippen LogP contribution in [0.3, 0.4) is 0 Å². The van der Waals surface area contributed by atoms with Crippen LogP contribution in [0.15, 0.2) is 36.4 Å². The fourth-order valence-corrected chi connectivity index (χ4v) is 3.85. The Morgan fingerprint density at radius 3 is 2.23 bits per heavy atom. The van der Waals surface area contributed by atoms with Crippen LogP contribution in [0.1, 0.15) is 36.6 Å². The molecule has 2 amide bonds. The molecule has 8 heteroatoms. The number of methoxy groups -OCH3 is 2. The number of imide groups is 1. The maximum atomic E-state index is 12.6. The molecule has 2 aromatic carbocycles. The van der Waals surface area contributed by atoms with Crippen molar-refractivity contribution in [1.29, 1.82) is 0 Å². The van der Waals surface area contributed by atoms with Gasteiger partial charge in [0.05, 0.1) is 30.9 Å². The molecule has 0 N–H and O–H groups in total. The van der Waals surface area contributed by atoms with E-state index in [1.165, 1.54) is 19.1 Å². The van der Waals surface area contributed by atoms with Crippen LogP contribution < -0.4 is 9.47 Å². The lowest BCUT2D eigenvalue weighted by Gasteiger charge is -2.16. The number of pyridine rings is 1. The molecule has 152 valence electrons. The predicted molar refractivity (Wildman–Crippen MR) is 111 cm³/mol. The van der Waals surface area contributed by atoms with Gasteiger partial charge in [-0.2, -0.15) is 0 Å². The molecule has 1 aromatic heterocycles. The fraction of sp³-hybridized carbons (Fsp3) is 0.182. The van der Waals surface area contributed by atoms with Crippen LogP contribution in [0.25, 0.3) is 10.9 Å². The first-order valence-electron chi connectivity index (χ1n) is 9.14. The highest BCUT2D eigenvalue weighted by Crippen LogP contribution is 2.36. The summed E-state index contributed by atoms with van der Waals surface area (Å²) in [6.45, 7) is 0.136. The molecule has 0 atom stereocenters. The van der Waals surface area contributed by atoms with E-state index in [0.717, 1.165) is 0 Å². The van der Waals surface area contributed by atoms with Crippen LogP contribution >= 0.6 is 11.6 Å². The number of rotatable bonds is 6. The van der Waals surface area contributed by atoms with Gasteiger partial charge in [-0.25, -0.2) is 4.98 Å². The molecule has 0 saturated heterocycles. The first kappa shape index (κ1) is 19.8. The fourth-order valence-electron chi connectivity index (χ4n) is 3.62. The molecule has 0 radical (unpaired) electrons. The van der Waals surface area contributed by atoms with Gasteiger partial charge >= 0.3 is 0 Å². The Labute approximate surface area is 177 Å². The largest absolute Gasteiger partial charge is 0.496 e. The van der Waals surface area contributed by atoms with Gasteiger partial charge in [-0.05, 0) is 30.2 Å². The Hall–Kier alpha value is -3.45. The van der Waals surface area contributed by atoms with Gasteiger partial charge in [0.25, 0.3) is 11.8 Å². The maximum Gasteiger partial charge on any atom is 0.261 e. The highest BCUT2D eigenvalue weighted by molar-refractivity contribution is 6.30. The van der Waals surface area contributed by atoms with Crippen molar-refractivity contribution in [3.05, 3.63) is 63.8 Å². The van der Waals surface area contributed by atoms with Gasteiger partial charge in [0.2, 0.25) is 0 Å². The van der Waals surface area contributed by atoms with E-state index in [1.54, 1.807) is 36.4 Å². The van der Waals surface area contributed by atoms with E-state index >= 15 is 0 Å². The van der Waals surface area contributed by atoms with Gasteiger partial charge in [-0.1, -0.05) is 23.7 Å². The molecule has 2 heterocycles. The van der Waals surface area contributed by atoms with Crippen LogP contribution in [-0.2, 0) is 6.42 Å². The van der Waals surface area contributed by atoms with E-state index in [-0.39, 0.29) is 29.9 Å². The van der Waals surface area contributed by atoms with Crippen molar-refractivity contribution in [3.63, 3.8) is 0 Å². The Bertz CT molecular complexity index is 1170. The smallest absolute Gasteiger partial charge is 0.261 e. The number of benzene rings is 2. The molecule has 30 heavy (non-hydrogen) atoms. The number of carbonyl (C=O) groups excluding carboxylic acids is 3. The summed E-state index contributed by atoms with van der Waals surface area (Å²) in [6, 6.07) is 10.0. The van der Waals surface area contributed by atoms with Crippen LogP contribution in [0, 0.1) is 0 Å². The molecule has 0 aliphatic carbocycles. The van der Waals surface area contributed by atoms with Crippen LogP contribution in [-0.4, -0.2) is 48.7 Å². The summed E-state index contributed by atoms with van der Waals surface area (Å²) >= 11 is 6.37. The van der Waals surface area contributed by atoms with Crippen molar-refractivity contribution in [2.45, 2.75) is 6.42 Å². The van der Waals surface area contributed by atoms with Crippen molar-refractivity contribution in [1.82, 2.24) is 9.88 Å². The van der Waals surface area contributed by atoms with Crippen molar-refractivity contribution in [2.24, 2.45) is 0 Å². The van der Waals surface area contributed by atoms with Crippen molar-refractivity contribution < 1.29 is 23.9 Å². The third-order valence-corrected chi connectivity index (χ3v) is 5.47. The predicted octanol–water partition coefficient (Wildman–Crippen LogP) is 3.56. The summed E-state index contributed by atoms with van der Waals surface area (Å²) in [5, 5.41) is 0.724. The quantitative estimate of drug-likeness (QED) is 0.341. The van der Waals surface area contributed by atoms with Gasteiger partial charge in [0.1, 0.15) is 22.2 Å². The second kappa shape index (κ2) is 7.76. The van der Waals surface area contributed by atoms with Crippen molar-refractivity contribution >= 4 is 40.6 Å². The monoisotopic (exact) mass is 424 g/mol. The second-order valence-corrected chi connectivity index (χ2v) is 7.06. The van der Waals surface area contributed by atoms with E-state index in [1.807, 2.05) is 0 Å². The topological polar surface area (TPSA) is 85.8 Å².